The molecule has 1 aromatic heterocycles. The Morgan fingerprint density at radius 1 is 1.29 bits per heavy atom. The maximum absolute atomic E-state index is 4.51. The van der Waals surface area contributed by atoms with Crippen LogP contribution < -0.4 is 0 Å². The van der Waals surface area contributed by atoms with Crippen LogP contribution >= 0.6 is 0 Å². The predicted molar refractivity (Wildman–Crippen MR) is 68.9 cm³/mol. The highest BCUT2D eigenvalue weighted by Crippen LogP contribution is 2.28. The second-order valence-corrected chi connectivity index (χ2v) is 5.87. The Morgan fingerprint density at radius 2 is 1.94 bits per heavy atom. The number of aromatic nitrogens is 3. The molecule has 0 bridgehead atoms. The van der Waals surface area contributed by atoms with Crippen molar-refractivity contribution in [1.82, 2.24) is 19.7 Å². The fraction of sp³-hybridized carbons (Fsp3) is 0.846. The zero-order valence-electron chi connectivity index (χ0n) is 11.5. The van der Waals surface area contributed by atoms with Gasteiger partial charge in [0.1, 0.15) is 12.2 Å². The minimum atomic E-state index is 0.0129. The normalized spacial score (nSPS) is 19.8. The van der Waals surface area contributed by atoms with E-state index in [4.69, 9.17) is 0 Å². The van der Waals surface area contributed by atoms with E-state index in [0.29, 0.717) is 6.04 Å². The van der Waals surface area contributed by atoms with Crippen molar-refractivity contribution >= 4 is 0 Å². The molecule has 1 aliphatic rings. The smallest absolute Gasteiger partial charge is 0.144 e. The molecule has 17 heavy (non-hydrogen) atoms. The molecule has 1 aliphatic heterocycles. The lowest BCUT2D eigenvalue weighted by atomic mass is 10.1. The lowest BCUT2D eigenvalue weighted by molar-refractivity contribution is 0.207. The molecule has 0 amide bonds. The monoisotopic (exact) mass is 236 g/mol. The van der Waals surface area contributed by atoms with Crippen molar-refractivity contribution in [1.29, 1.82) is 0 Å². The Bertz CT molecular complexity index is 358. The quantitative estimate of drug-likeness (QED) is 0.809. The number of rotatable bonds is 3. The first-order valence-electron chi connectivity index (χ1n) is 6.68. The lowest BCUT2D eigenvalue weighted by Crippen LogP contribution is -2.32. The van der Waals surface area contributed by atoms with Gasteiger partial charge in [0, 0.05) is 0 Å². The highest BCUT2D eigenvalue weighted by Gasteiger charge is 2.29. The Hall–Kier alpha value is -0.900. The third-order valence-corrected chi connectivity index (χ3v) is 3.48. The van der Waals surface area contributed by atoms with Crippen molar-refractivity contribution in [2.75, 3.05) is 13.1 Å². The van der Waals surface area contributed by atoms with Gasteiger partial charge < -0.3 is 0 Å². The lowest BCUT2D eigenvalue weighted by Gasteiger charge is -2.29. The van der Waals surface area contributed by atoms with Crippen LogP contribution in [-0.2, 0) is 5.54 Å². The van der Waals surface area contributed by atoms with E-state index < -0.39 is 0 Å². The zero-order chi connectivity index (χ0) is 12.5. The van der Waals surface area contributed by atoms with E-state index in [2.05, 4.69) is 47.4 Å². The van der Waals surface area contributed by atoms with Gasteiger partial charge in [-0.15, -0.1) is 0 Å². The van der Waals surface area contributed by atoms with E-state index in [9.17, 15) is 0 Å². The molecule has 0 N–H and O–H groups in total. The van der Waals surface area contributed by atoms with Crippen molar-refractivity contribution in [3.8, 4) is 0 Å². The molecule has 96 valence electrons. The third-order valence-electron chi connectivity index (χ3n) is 3.48. The molecular weight excluding hydrogens is 212 g/mol. The second-order valence-electron chi connectivity index (χ2n) is 5.87. The zero-order valence-corrected chi connectivity index (χ0v) is 11.5. The SMILES string of the molecule is CCC(c1ncnn1C(C)(C)C)N1CCCC1. The molecule has 1 saturated heterocycles. The Morgan fingerprint density at radius 3 is 2.47 bits per heavy atom. The van der Waals surface area contributed by atoms with Crippen LogP contribution in [0.3, 0.4) is 0 Å². The molecule has 0 saturated carbocycles. The van der Waals surface area contributed by atoms with Crippen molar-refractivity contribution < 1.29 is 0 Å². The van der Waals surface area contributed by atoms with Gasteiger partial charge in [-0.1, -0.05) is 6.92 Å². The summed E-state index contributed by atoms with van der Waals surface area (Å²) < 4.78 is 2.08. The van der Waals surface area contributed by atoms with E-state index in [-0.39, 0.29) is 5.54 Å². The molecule has 0 aromatic carbocycles. The molecule has 1 fully saturated rings. The molecule has 1 atom stereocenters. The number of hydrogen-bond donors (Lipinski definition) is 0. The van der Waals surface area contributed by atoms with E-state index >= 15 is 0 Å². The highest BCUT2D eigenvalue weighted by molar-refractivity contribution is 4.99. The molecule has 0 aliphatic carbocycles. The second kappa shape index (κ2) is 4.77. The van der Waals surface area contributed by atoms with Crippen molar-refractivity contribution in [3.63, 3.8) is 0 Å². The topological polar surface area (TPSA) is 34.0 Å². The Labute approximate surface area is 104 Å². The van der Waals surface area contributed by atoms with Crippen LogP contribution in [0, 0.1) is 0 Å². The molecule has 2 heterocycles. The first-order valence-corrected chi connectivity index (χ1v) is 6.68. The molecular formula is C13H24N4. The predicted octanol–water partition coefficient (Wildman–Crippen LogP) is 2.58. The van der Waals surface area contributed by atoms with E-state index in [1.165, 1.54) is 25.9 Å². The van der Waals surface area contributed by atoms with Crippen LogP contribution in [0.1, 0.15) is 58.8 Å². The fourth-order valence-electron chi connectivity index (χ4n) is 2.65. The fourth-order valence-corrected chi connectivity index (χ4v) is 2.65. The molecule has 1 unspecified atom stereocenters. The summed E-state index contributed by atoms with van der Waals surface area (Å²) in [7, 11) is 0. The minimum Gasteiger partial charge on any atom is -0.293 e. The van der Waals surface area contributed by atoms with E-state index in [1.807, 2.05) is 0 Å². The number of hydrogen-bond acceptors (Lipinski definition) is 3. The summed E-state index contributed by atoms with van der Waals surface area (Å²) in [5, 5.41) is 4.41. The van der Waals surface area contributed by atoms with Gasteiger partial charge in [0.05, 0.1) is 11.6 Å². The van der Waals surface area contributed by atoms with Crippen molar-refractivity contribution in [2.24, 2.45) is 0 Å². The van der Waals surface area contributed by atoms with Gasteiger partial charge in [0.15, 0.2) is 0 Å². The summed E-state index contributed by atoms with van der Waals surface area (Å²) >= 11 is 0. The van der Waals surface area contributed by atoms with Crippen molar-refractivity contribution in [3.05, 3.63) is 12.2 Å². The largest absolute Gasteiger partial charge is 0.293 e. The van der Waals surface area contributed by atoms with Crippen LogP contribution in [-0.4, -0.2) is 32.8 Å². The van der Waals surface area contributed by atoms with Gasteiger partial charge in [-0.3, -0.25) is 4.90 Å². The van der Waals surface area contributed by atoms with Crippen LogP contribution in [0.15, 0.2) is 6.33 Å². The van der Waals surface area contributed by atoms with Gasteiger partial charge in [0.2, 0.25) is 0 Å². The van der Waals surface area contributed by atoms with Gasteiger partial charge in [-0.25, -0.2) is 9.67 Å². The molecule has 0 spiro atoms. The number of nitrogens with zero attached hydrogens (tertiary/aromatic N) is 4. The first-order chi connectivity index (χ1) is 8.04. The van der Waals surface area contributed by atoms with Crippen LogP contribution in [0.2, 0.25) is 0 Å². The molecule has 4 nitrogen and oxygen atoms in total. The van der Waals surface area contributed by atoms with Gasteiger partial charge in [-0.05, 0) is 53.1 Å². The first kappa shape index (κ1) is 12.6. The van der Waals surface area contributed by atoms with E-state index in [0.717, 1.165) is 12.2 Å². The summed E-state index contributed by atoms with van der Waals surface area (Å²) in [6.45, 7) is 11.2. The average Bonchev–Trinajstić information content (AvgIpc) is 2.87. The highest BCUT2D eigenvalue weighted by atomic mass is 15.4. The van der Waals surface area contributed by atoms with Gasteiger partial charge in [-0.2, -0.15) is 5.10 Å². The summed E-state index contributed by atoms with van der Waals surface area (Å²) in [5.74, 6) is 1.13. The van der Waals surface area contributed by atoms with Crippen LogP contribution in [0.5, 0.6) is 0 Å². The van der Waals surface area contributed by atoms with Crippen LogP contribution in [0.25, 0.3) is 0 Å². The maximum atomic E-state index is 4.51. The van der Waals surface area contributed by atoms with E-state index in [1.54, 1.807) is 6.33 Å². The molecule has 2 rings (SSSR count). The summed E-state index contributed by atoms with van der Waals surface area (Å²) in [5.41, 5.74) is 0.0129. The van der Waals surface area contributed by atoms with Crippen molar-refractivity contribution in [2.45, 2.75) is 58.5 Å². The summed E-state index contributed by atoms with van der Waals surface area (Å²) in [6, 6.07) is 0.430. The standard InChI is InChI=1S/C13H24N4/c1-5-11(16-8-6-7-9-16)12-14-10-15-17(12)13(2,3)4/h10-11H,5-9H2,1-4H3. The minimum absolute atomic E-state index is 0.0129. The molecule has 1 aromatic rings. The summed E-state index contributed by atoms with van der Waals surface area (Å²) in [4.78, 5) is 7.06. The molecule has 0 radical (unpaired) electrons. The Kier molecular flexibility index (Phi) is 3.52. The number of likely N-dealkylation sites (tertiary alicyclic amines) is 1. The summed E-state index contributed by atoms with van der Waals surface area (Å²) in [6.07, 6.45) is 5.44. The maximum Gasteiger partial charge on any atom is 0.144 e. The average molecular weight is 236 g/mol. The Balaban J connectivity index is 2.27. The van der Waals surface area contributed by atoms with Gasteiger partial charge in [0.25, 0.3) is 0 Å². The van der Waals surface area contributed by atoms with Gasteiger partial charge >= 0.3 is 0 Å². The molecule has 4 heteroatoms. The third kappa shape index (κ3) is 2.51. The van der Waals surface area contributed by atoms with Crippen LogP contribution in [0.4, 0.5) is 0 Å².